The molecular weight excluding hydrogens is 274 g/mol. The number of nitrogens with one attached hydrogen (secondary N) is 2. The number of nitrogens with two attached hydrogens (primary N) is 1. The standard InChI is InChI=1S/C14H19N3O4/c1-2-7-21-14(20)17-6-5-16-13(19)12-8-11(15)4-3-10(12)9-18/h2-4,8,18H,1,5-7,9,15H2,(H,16,19)(H,17,20). The van der Waals surface area contributed by atoms with Crippen LogP contribution in [0.25, 0.3) is 0 Å². The molecule has 7 heteroatoms. The topological polar surface area (TPSA) is 114 Å². The first-order valence-corrected chi connectivity index (χ1v) is 6.37. The monoisotopic (exact) mass is 293 g/mol. The van der Waals surface area contributed by atoms with E-state index in [4.69, 9.17) is 10.5 Å². The highest BCUT2D eigenvalue weighted by Crippen LogP contribution is 2.13. The number of rotatable bonds is 7. The molecule has 5 N–H and O–H groups in total. The van der Waals surface area contributed by atoms with E-state index in [-0.39, 0.29) is 32.2 Å². The highest BCUT2D eigenvalue weighted by Gasteiger charge is 2.11. The lowest BCUT2D eigenvalue weighted by molar-refractivity contribution is 0.0949. The number of benzene rings is 1. The summed E-state index contributed by atoms with van der Waals surface area (Å²) >= 11 is 0. The second-order valence-electron chi connectivity index (χ2n) is 4.14. The molecule has 0 saturated carbocycles. The Kier molecular flexibility index (Phi) is 6.76. The van der Waals surface area contributed by atoms with E-state index in [2.05, 4.69) is 17.2 Å². The minimum atomic E-state index is -0.579. The van der Waals surface area contributed by atoms with Crippen molar-refractivity contribution < 1.29 is 19.4 Å². The summed E-state index contributed by atoms with van der Waals surface area (Å²) in [5, 5.41) is 14.3. The maximum atomic E-state index is 12.0. The van der Waals surface area contributed by atoms with Crippen molar-refractivity contribution in [3.63, 3.8) is 0 Å². The van der Waals surface area contributed by atoms with E-state index in [1.807, 2.05) is 0 Å². The third-order valence-corrected chi connectivity index (χ3v) is 2.56. The fraction of sp³-hybridized carbons (Fsp3) is 0.286. The molecule has 0 bridgehead atoms. The van der Waals surface area contributed by atoms with Crippen LogP contribution >= 0.6 is 0 Å². The summed E-state index contributed by atoms with van der Waals surface area (Å²) in [5.41, 5.74) is 6.85. The molecule has 0 saturated heterocycles. The number of carbonyl (C=O) groups is 2. The number of carbonyl (C=O) groups excluding carboxylic acids is 2. The van der Waals surface area contributed by atoms with Crippen molar-refractivity contribution in [1.82, 2.24) is 10.6 Å². The average molecular weight is 293 g/mol. The van der Waals surface area contributed by atoms with Gasteiger partial charge in [0.2, 0.25) is 0 Å². The Bertz CT molecular complexity index is 517. The largest absolute Gasteiger partial charge is 0.445 e. The van der Waals surface area contributed by atoms with Gasteiger partial charge in [-0.2, -0.15) is 0 Å². The van der Waals surface area contributed by atoms with Gasteiger partial charge in [0.15, 0.2) is 0 Å². The highest BCUT2D eigenvalue weighted by molar-refractivity contribution is 5.96. The normalized spacial score (nSPS) is 9.76. The van der Waals surface area contributed by atoms with Gasteiger partial charge in [-0.15, -0.1) is 0 Å². The first-order chi connectivity index (χ1) is 10.1. The van der Waals surface area contributed by atoms with Crippen LogP contribution in [0.3, 0.4) is 0 Å². The van der Waals surface area contributed by atoms with E-state index in [0.29, 0.717) is 16.8 Å². The lowest BCUT2D eigenvalue weighted by atomic mass is 10.1. The first kappa shape index (κ1) is 16.5. The number of aliphatic hydroxyl groups excluding tert-OH is 1. The van der Waals surface area contributed by atoms with Crippen LogP contribution in [0.15, 0.2) is 30.9 Å². The summed E-state index contributed by atoms with van der Waals surface area (Å²) in [5.74, 6) is -0.368. The molecule has 0 unspecified atom stereocenters. The maximum absolute atomic E-state index is 12.0. The van der Waals surface area contributed by atoms with Gasteiger partial charge in [-0.05, 0) is 17.7 Å². The van der Waals surface area contributed by atoms with Crippen LogP contribution in [0.5, 0.6) is 0 Å². The quantitative estimate of drug-likeness (QED) is 0.330. The molecular formula is C14H19N3O4. The lowest BCUT2D eigenvalue weighted by Crippen LogP contribution is -2.35. The number of amides is 2. The molecule has 21 heavy (non-hydrogen) atoms. The third kappa shape index (κ3) is 5.53. The predicted octanol–water partition coefficient (Wildman–Crippen LogP) is 0.403. The summed E-state index contributed by atoms with van der Waals surface area (Å²) in [6, 6.07) is 4.70. The molecule has 0 spiro atoms. The van der Waals surface area contributed by atoms with Gasteiger partial charge in [0, 0.05) is 24.3 Å². The Balaban J connectivity index is 2.42. The van der Waals surface area contributed by atoms with E-state index in [1.54, 1.807) is 12.1 Å². The van der Waals surface area contributed by atoms with Gasteiger partial charge in [0.05, 0.1) is 6.61 Å². The molecule has 0 aliphatic carbocycles. The van der Waals surface area contributed by atoms with Gasteiger partial charge in [-0.25, -0.2) is 4.79 Å². The van der Waals surface area contributed by atoms with Gasteiger partial charge in [-0.3, -0.25) is 4.79 Å². The van der Waals surface area contributed by atoms with Crippen LogP contribution in [0.4, 0.5) is 10.5 Å². The van der Waals surface area contributed by atoms with Crippen LogP contribution in [-0.2, 0) is 11.3 Å². The zero-order valence-corrected chi connectivity index (χ0v) is 11.6. The van der Waals surface area contributed by atoms with Gasteiger partial charge >= 0.3 is 6.09 Å². The minimum absolute atomic E-state index is 0.126. The van der Waals surface area contributed by atoms with Crippen LogP contribution < -0.4 is 16.4 Å². The Morgan fingerprint density at radius 1 is 1.33 bits per heavy atom. The highest BCUT2D eigenvalue weighted by atomic mass is 16.5. The molecule has 0 aliphatic rings. The minimum Gasteiger partial charge on any atom is -0.445 e. The van der Waals surface area contributed by atoms with Crippen molar-refractivity contribution in [1.29, 1.82) is 0 Å². The molecule has 0 radical (unpaired) electrons. The van der Waals surface area contributed by atoms with E-state index < -0.39 is 6.09 Å². The van der Waals surface area contributed by atoms with Crippen molar-refractivity contribution in [3.05, 3.63) is 42.0 Å². The number of nitrogen functional groups attached to an aromatic ring is 1. The Labute approximate surface area is 122 Å². The lowest BCUT2D eigenvalue weighted by Gasteiger charge is -2.10. The van der Waals surface area contributed by atoms with Crippen LogP contribution in [0, 0.1) is 0 Å². The summed E-state index contributed by atoms with van der Waals surface area (Å²) in [6.45, 7) is 3.73. The number of ether oxygens (including phenoxy) is 1. The van der Waals surface area contributed by atoms with E-state index in [0.717, 1.165) is 0 Å². The smallest absolute Gasteiger partial charge is 0.407 e. The summed E-state index contributed by atoms with van der Waals surface area (Å²) < 4.78 is 4.70. The third-order valence-electron chi connectivity index (χ3n) is 2.56. The number of anilines is 1. The SMILES string of the molecule is C=CCOC(=O)NCCNC(=O)c1cc(N)ccc1CO. The molecule has 0 aliphatic heterocycles. The van der Waals surface area contributed by atoms with Crippen molar-refractivity contribution in [2.75, 3.05) is 25.4 Å². The van der Waals surface area contributed by atoms with Crippen molar-refractivity contribution in [2.45, 2.75) is 6.61 Å². The molecule has 1 aromatic carbocycles. The number of hydrogen-bond donors (Lipinski definition) is 4. The van der Waals surface area contributed by atoms with Crippen LogP contribution in [-0.4, -0.2) is 36.8 Å². The fourth-order valence-electron chi connectivity index (χ4n) is 1.56. The molecule has 2 amide bonds. The summed E-state index contributed by atoms with van der Waals surface area (Å²) in [6.07, 6.45) is 0.876. The second-order valence-corrected chi connectivity index (χ2v) is 4.14. The van der Waals surface area contributed by atoms with Crippen molar-refractivity contribution in [3.8, 4) is 0 Å². The number of alkyl carbamates (subject to hydrolysis) is 1. The summed E-state index contributed by atoms with van der Waals surface area (Å²) in [4.78, 5) is 23.1. The molecule has 1 aromatic rings. The fourth-order valence-corrected chi connectivity index (χ4v) is 1.56. The van der Waals surface area contributed by atoms with Crippen molar-refractivity contribution >= 4 is 17.7 Å². The molecule has 0 fully saturated rings. The van der Waals surface area contributed by atoms with E-state index in [1.165, 1.54) is 12.1 Å². The predicted molar refractivity (Wildman–Crippen MR) is 78.7 cm³/mol. The maximum Gasteiger partial charge on any atom is 0.407 e. The van der Waals surface area contributed by atoms with E-state index >= 15 is 0 Å². The van der Waals surface area contributed by atoms with Crippen molar-refractivity contribution in [2.24, 2.45) is 0 Å². The summed E-state index contributed by atoms with van der Waals surface area (Å²) in [7, 11) is 0. The van der Waals surface area contributed by atoms with Crippen LogP contribution in [0.1, 0.15) is 15.9 Å². The van der Waals surface area contributed by atoms with Gasteiger partial charge < -0.3 is 26.2 Å². The molecule has 0 heterocycles. The van der Waals surface area contributed by atoms with Crippen LogP contribution in [0.2, 0.25) is 0 Å². The Morgan fingerprint density at radius 3 is 2.71 bits per heavy atom. The van der Waals surface area contributed by atoms with Gasteiger partial charge in [0.1, 0.15) is 6.61 Å². The first-order valence-electron chi connectivity index (χ1n) is 6.37. The average Bonchev–Trinajstić information content (AvgIpc) is 2.49. The van der Waals surface area contributed by atoms with Gasteiger partial charge in [-0.1, -0.05) is 18.7 Å². The molecule has 1 rings (SSSR count). The molecule has 0 aromatic heterocycles. The molecule has 114 valence electrons. The Morgan fingerprint density at radius 2 is 2.05 bits per heavy atom. The number of hydrogen-bond acceptors (Lipinski definition) is 5. The zero-order chi connectivity index (χ0) is 15.7. The van der Waals surface area contributed by atoms with E-state index in [9.17, 15) is 14.7 Å². The number of aliphatic hydroxyl groups is 1. The Hall–Kier alpha value is -2.54. The zero-order valence-electron chi connectivity index (χ0n) is 11.6. The second kappa shape index (κ2) is 8.60. The molecule has 7 nitrogen and oxygen atoms in total. The molecule has 0 atom stereocenters. The van der Waals surface area contributed by atoms with Gasteiger partial charge in [0.25, 0.3) is 5.91 Å².